The molecule has 2 aromatic carbocycles. The van der Waals surface area contributed by atoms with Crippen LogP contribution in [0.5, 0.6) is 0 Å². The van der Waals surface area contributed by atoms with Gasteiger partial charge in [-0.25, -0.2) is 18.4 Å². The lowest BCUT2D eigenvalue weighted by molar-refractivity contribution is -0.168. The largest absolute Gasteiger partial charge is 0.460 e. The van der Waals surface area contributed by atoms with Gasteiger partial charge in [-0.1, -0.05) is 60.7 Å². The lowest BCUT2D eigenvalue weighted by Gasteiger charge is -2.21. The molecule has 2 atom stereocenters. The zero-order valence-electron chi connectivity index (χ0n) is 16.7. The van der Waals surface area contributed by atoms with E-state index in [1.165, 1.54) is 12.1 Å². The molecule has 31 heavy (non-hydrogen) atoms. The average Bonchev–Trinajstić information content (AvgIpc) is 3.29. The van der Waals surface area contributed by atoms with Gasteiger partial charge in [-0.3, -0.25) is 4.79 Å². The number of rotatable bonds is 8. The van der Waals surface area contributed by atoms with Crippen molar-refractivity contribution in [2.75, 3.05) is 6.61 Å². The minimum absolute atomic E-state index is 0.101. The predicted octanol–water partition coefficient (Wildman–Crippen LogP) is 3.54. The van der Waals surface area contributed by atoms with Crippen LogP contribution < -0.4 is 5.32 Å². The summed E-state index contributed by atoms with van der Waals surface area (Å²) in [7, 11) is 0. The normalized spacial score (nSPS) is 19.6. The maximum absolute atomic E-state index is 14.0. The van der Waals surface area contributed by atoms with Crippen LogP contribution in [-0.4, -0.2) is 36.1 Å². The molecule has 1 amide bonds. The van der Waals surface area contributed by atoms with Gasteiger partial charge in [-0.15, -0.1) is 0 Å². The Balaban J connectivity index is 1.61. The Bertz CT molecular complexity index is 938. The first-order chi connectivity index (χ1) is 14.7. The number of hydrogen-bond acceptors (Lipinski definition) is 6. The van der Waals surface area contributed by atoms with Crippen molar-refractivity contribution >= 4 is 18.0 Å². The van der Waals surface area contributed by atoms with Gasteiger partial charge in [-0.05, 0) is 5.56 Å². The van der Waals surface area contributed by atoms with E-state index < -0.39 is 48.6 Å². The monoisotopic (exact) mass is 433 g/mol. The average molecular weight is 433 g/mol. The summed E-state index contributed by atoms with van der Waals surface area (Å²) in [6.07, 6.45) is -3.18. The Hall–Kier alpha value is -3.49. The van der Waals surface area contributed by atoms with Crippen molar-refractivity contribution < 1.29 is 37.4 Å². The number of halogens is 2. The van der Waals surface area contributed by atoms with Gasteiger partial charge in [0.2, 0.25) is 6.10 Å². The second-order valence-corrected chi connectivity index (χ2v) is 7.16. The van der Waals surface area contributed by atoms with Crippen molar-refractivity contribution in [2.45, 2.75) is 37.5 Å². The Labute approximate surface area is 177 Å². The third-order valence-electron chi connectivity index (χ3n) is 4.71. The second-order valence-electron chi connectivity index (χ2n) is 7.16. The molecule has 0 radical (unpaired) electrons. The molecular weight excluding hydrogens is 412 g/mol. The van der Waals surface area contributed by atoms with Gasteiger partial charge in [-0.2, -0.15) is 0 Å². The second kappa shape index (κ2) is 9.11. The summed E-state index contributed by atoms with van der Waals surface area (Å²) < 4.78 is 43.0. The molecule has 1 aliphatic carbocycles. The van der Waals surface area contributed by atoms with Crippen LogP contribution in [0.4, 0.5) is 13.6 Å². The number of nitrogens with one attached hydrogen (secondary N) is 1. The molecule has 0 aromatic heterocycles. The molecule has 0 unspecified atom stereocenters. The van der Waals surface area contributed by atoms with Crippen molar-refractivity contribution in [3.8, 4) is 0 Å². The molecule has 164 valence electrons. The van der Waals surface area contributed by atoms with E-state index in [1.807, 2.05) is 0 Å². The fraction of sp³-hybridized carbons (Fsp3) is 0.318. The Morgan fingerprint density at radius 1 is 1.00 bits per heavy atom. The molecule has 0 aliphatic heterocycles. The Morgan fingerprint density at radius 3 is 2.13 bits per heavy atom. The topological polar surface area (TPSA) is 90.9 Å². The maximum atomic E-state index is 14.0. The van der Waals surface area contributed by atoms with Crippen LogP contribution in [0.3, 0.4) is 0 Å². The SMILES string of the molecule is CC(=O)O[C@H](C(=O)OC[C@]1(NC(=O)OCc2ccccc2)CC1(F)F)c1ccccc1. The molecule has 7 nitrogen and oxygen atoms in total. The van der Waals surface area contributed by atoms with E-state index in [0.29, 0.717) is 11.1 Å². The molecule has 1 saturated carbocycles. The van der Waals surface area contributed by atoms with E-state index in [-0.39, 0.29) is 6.61 Å². The molecule has 9 heteroatoms. The van der Waals surface area contributed by atoms with Crippen molar-refractivity contribution in [1.82, 2.24) is 5.32 Å². The molecule has 0 heterocycles. The molecule has 1 aliphatic rings. The molecule has 1 N–H and O–H groups in total. The molecule has 0 bridgehead atoms. The van der Waals surface area contributed by atoms with Gasteiger partial charge in [0.1, 0.15) is 18.8 Å². The first-order valence-corrected chi connectivity index (χ1v) is 9.48. The van der Waals surface area contributed by atoms with Crippen LogP contribution in [-0.2, 0) is 30.4 Å². The number of alkyl halides is 2. The third-order valence-corrected chi connectivity index (χ3v) is 4.71. The first-order valence-electron chi connectivity index (χ1n) is 9.48. The van der Waals surface area contributed by atoms with Crippen LogP contribution in [0.2, 0.25) is 0 Å². The van der Waals surface area contributed by atoms with Crippen molar-refractivity contribution in [3.63, 3.8) is 0 Å². The van der Waals surface area contributed by atoms with Gasteiger partial charge >= 0.3 is 18.0 Å². The molecule has 0 spiro atoms. The van der Waals surface area contributed by atoms with Crippen LogP contribution in [0.1, 0.15) is 30.6 Å². The van der Waals surface area contributed by atoms with Gasteiger partial charge in [0.25, 0.3) is 5.92 Å². The third kappa shape index (κ3) is 5.56. The summed E-state index contributed by atoms with van der Waals surface area (Å²) in [5.41, 5.74) is -1.06. The Kier molecular flexibility index (Phi) is 6.53. The summed E-state index contributed by atoms with van der Waals surface area (Å²) >= 11 is 0. The fourth-order valence-electron chi connectivity index (χ4n) is 2.93. The molecule has 3 rings (SSSR count). The number of esters is 2. The van der Waals surface area contributed by atoms with E-state index in [2.05, 4.69) is 5.32 Å². The number of carbonyl (C=O) groups excluding carboxylic acids is 3. The number of alkyl carbamates (subject to hydrolysis) is 1. The van der Waals surface area contributed by atoms with Gasteiger partial charge in [0, 0.05) is 18.9 Å². The fourth-order valence-corrected chi connectivity index (χ4v) is 2.93. The minimum Gasteiger partial charge on any atom is -0.460 e. The van der Waals surface area contributed by atoms with Gasteiger partial charge in [0.05, 0.1) is 0 Å². The summed E-state index contributed by atoms with van der Waals surface area (Å²) in [5.74, 6) is -5.04. The molecule has 2 aromatic rings. The predicted molar refractivity (Wildman–Crippen MR) is 104 cm³/mol. The van der Waals surface area contributed by atoms with Crippen LogP contribution in [0.25, 0.3) is 0 Å². The lowest BCUT2D eigenvalue weighted by Crippen LogP contribution is -2.46. The highest BCUT2D eigenvalue weighted by atomic mass is 19.3. The van der Waals surface area contributed by atoms with Crippen LogP contribution in [0, 0.1) is 0 Å². The standard InChI is InChI=1S/C22H21F2NO6/c1-15(26)31-18(17-10-6-3-7-11-17)19(27)30-14-21(13-22(21,23)24)25-20(28)29-12-16-8-4-2-5-9-16/h2-11,18H,12-14H2,1H3,(H,25,28)/t18-,21+/m0/s1. The minimum atomic E-state index is -3.28. The zero-order chi connectivity index (χ0) is 22.5. The highest BCUT2D eigenvalue weighted by Crippen LogP contribution is 2.53. The smallest absolute Gasteiger partial charge is 0.408 e. The number of amides is 1. The molecular formula is C22H21F2NO6. The first kappa shape index (κ1) is 22.2. The summed E-state index contributed by atoms with van der Waals surface area (Å²) in [4.78, 5) is 35.9. The Morgan fingerprint density at radius 2 is 1.58 bits per heavy atom. The highest BCUT2D eigenvalue weighted by Gasteiger charge is 2.73. The summed E-state index contributed by atoms with van der Waals surface area (Å²) in [6.45, 7) is 0.213. The molecule has 0 saturated heterocycles. The highest BCUT2D eigenvalue weighted by molar-refractivity contribution is 5.80. The van der Waals surface area contributed by atoms with Crippen LogP contribution >= 0.6 is 0 Å². The quantitative estimate of drug-likeness (QED) is 0.506. The van der Waals surface area contributed by atoms with E-state index >= 15 is 0 Å². The lowest BCUT2D eigenvalue weighted by atomic mass is 10.1. The zero-order valence-corrected chi connectivity index (χ0v) is 16.7. The van der Waals surface area contributed by atoms with E-state index in [9.17, 15) is 23.2 Å². The van der Waals surface area contributed by atoms with Crippen molar-refractivity contribution in [2.24, 2.45) is 0 Å². The number of carbonyl (C=O) groups is 3. The summed E-state index contributed by atoms with van der Waals surface area (Å²) in [5, 5.41) is 2.11. The van der Waals surface area contributed by atoms with Gasteiger partial charge in [0.15, 0.2) is 0 Å². The molecule has 1 fully saturated rings. The van der Waals surface area contributed by atoms with Gasteiger partial charge < -0.3 is 19.5 Å². The maximum Gasteiger partial charge on any atom is 0.408 e. The van der Waals surface area contributed by atoms with E-state index in [0.717, 1.165) is 6.92 Å². The number of benzene rings is 2. The number of ether oxygens (including phenoxy) is 3. The number of hydrogen-bond donors (Lipinski definition) is 1. The van der Waals surface area contributed by atoms with Crippen molar-refractivity contribution in [1.29, 1.82) is 0 Å². The van der Waals surface area contributed by atoms with E-state index in [1.54, 1.807) is 48.5 Å². The van der Waals surface area contributed by atoms with E-state index in [4.69, 9.17) is 14.2 Å². The van der Waals surface area contributed by atoms with Crippen LogP contribution in [0.15, 0.2) is 60.7 Å². The van der Waals surface area contributed by atoms with Crippen molar-refractivity contribution in [3.05, 3.63) is 71.8 Å². The summed E-state index contributed by atoms with van der Waals surface area (Å²) in [6, 6.07) is 16.7.